The van der Waals surface area contributed by atoms with Gasteiger partial charge in [-0.3, -0.25) is 4.79 Å². The topological polar surface area (TPSA) is 84.5 Å². The van der Waals surface area contributed by atoms with E-state index in [0.29, 0.717) is 16.9 Å². The fourth-order valence-corrected chi connectivity index (χ4v) is 5.14. The van der Waals surface area contributed by atoms with Crippen molar-refractivity contribution in [2.75, 3.05) is 38.4 Å². The van der Waals surface area contributed by atoms with Gasteiger partial charge in [-0.15, -0.1) is 0 Å². The fraction of sp³-hybridized carbons (Fsp3) is 0.414. The predicted octanol–water partition coefficient (Wildman–Crippen LogP) is 5.20. The van der Waals surface area contributed by atoms with Gasteiger partial charge in [0.25, 0.3) is 5.91 Å². The summed E-state index contributed by atoms with van der Waals surface area (Å²) in [5, 5.41) is 7.10. The highest BCUT2D eigenvalue weighted by molar-refractivity contribution is 5.95. The summed E-state index contributed by atoms with van der Waals surface area (Å²) in [5.41, 5.74) is 6.51. The van der Waals surface area contributed by atoms with Crippen molar-refractivity contribution in [3.63, 3.8) is 0 Å². The number of carbonyl (C=O) groups excluding carboxylic acids is 1. The normalized spacial score (nSPS) is 17.4. The summed E-state index contributed by atoms with van der Waals surface area (Å²) in [6.07, 6.45) is -0.378. The third-order valence-corrected chi connectivity index (χ3v) is 7.21. The molecule has 0 aliphatic heterocycles. The number of hydrogen-bond acceptors (Lipinski definition) is 5. The number of nitrogens with two attached hydrogens (primary N) is 1. The van der Waals surface area contributed by atoms with Gasteiger partial charge in [0.2, 0.25) is 0 Å². The van der Waals surface area contributed by atoms with Gasteiger partial charge in [0.05, 0.1) is 36.1 Å². The highest BCUT2D eigenvalue weighted by Gasteiger charge is 2.30. The van der Waals surface area contributed by atoms with Crippen LogP contribution in [0, 0.1) is 17.7 Å². The van der Waals surface area contributed by atoms with Gasteiger partial charge in [-0.05, 0) is 70.0 Å². The lowest BCUT2D eigenvalue weighted by Crippen LogP contribution is -2.36. The fourth-order valence-electron chi connectivity index (χ4n) is 5.14. The van der Waals surface area contributed by atoms with Gasteiger partial charge in [0, 0.05) is 29.2 Å². The number of alkyl halides is 3. The zero-order valence-electron chi connectivity index (χ0n) is 22.7. The summed E-state index contributed by atoms with van der Waals surface area (Å²) in [7, 11) is 5.51. The molecule has 1 amide bonds. The van der Waals surface area contributed by atoms with Crippen LogP contribution in [-0.2, 0) is 6.54 Å². The van der Waals surface area contributed by atoms with Crippen LogP contribution in [0.4, 0.5) is 28.9 Å². The number of fused-ring (bicyclic) bond motifs is 1. The summed E-state index contributed by atoms with van der Waals surface area (Å²) in [6, 6.07) is 9.97. The van der Waals surface area contributed by atoms with Crippen LogP contribution < -0.4 is 21.1 Å². The largest absolute Gasteiger partial charge is 0.495 e. The van der Waals surface area contributed by atoms with Crippen molar-refractivity contribution in [3.05, 3.63) is 53.5 Å². The molecule has 214 valence electrons. The Morgan fingerprint density at radius 1 is 1.15 bits per heavy atom. The number of hydrogen-bond donors (Lipinski definition) is 3. The van der Waals surface area contributed by atoms with Crippen LogP contribution in [0.3, 0.4) is 0 Å². The number of aromatic nitrogens is 1. The van der Waals surface area contributed by atoms with Crippen molar-refractivity contribution < 1.29 is 27.1 Å². The van der Waals surface area contributed by atoms with Crippen LogP contribution in [0.15, 0.2) is 36.4 Å². The second-order valence-corrected chi connectivity index (χ2v) is 10.1. The minimum Gasteiger partial charge on any atom is -0.495 e. The second-order valence-electron chi connectivity index (χ2n) is 10.1. The summed E-state index contributed by atoms with van der Waals surface area (Å²) in [4.78, 5) is 13.6. The number of ether oxygens (including phenoxy) is 1. The van der Waals surface area contributed by atoms with E-state index in [9.17, 15) is 22.4 Å². The van der Waals surface area contributed by atoms with Crippen molar-refractivity contribution in [1.82, 2.24) is 9.47 Å². The Morgan fingerprint density at radius 2 is 1.88 bits per heavy atom. The van der Waals surface area contributed by atoms with Gasteiger partial charge in [-0.1, -0.05) is 12.0 Å². The number of carbonyl (C=O) groups is 1. The van der Waals surface area contributed by atoms with E-state index < -0.39 is 24.4 Å². The molecular weight excluding hydrogens is 526 g/mol. The van der Waals surface area contributed by atoms with Crippen LogP contribution in [0.5, 0.6) is 5.75 Å². The molecule has 0 radical (unpaired) electrons. The first-order chi connectivity index (χ1) is 19.0. The molecule has 11 heteroatoms. The van der Waals surface area contributed by atoms with Crippen molar-refractivity contribution in [2.45, 2.75) is 50.5 Å². The second kappa shape index (κ2) is 12.1. The lowest BCUT2D eigenvalue weighted by atomic mass is 9.90. The van der Waals surface area contributed by atoms with E-state index in [-0.39, 0.29) is 35.3 Å². The Morgan fingerprint density at radius 3 is 2.50 bits per heavy atom. The number of benzene rings is 2. The van der Waals surface area contributed by atoms with Crippen molar-refractivity contribution in [1.29, 1.82) is 0 Å². The Balaban J connectivity index is 1.58. The molecule has 0 saturated heterocycles. The molecule has 0 unspecified atom stereocenters. The Bertz CT molecular complexity index is 1430. The zero-order valence-corrected chi connectivity index (χ0v) is 22.7. The number of rotatable bonds is 8. The first kappa shape index (κ1) is 29.1. The average Bonchev–Trinajstić information content (AvgIpc) is 3.23. The molecule has 3 aromatic rings. The summed E-state index contributed by atoms with van der Waals surface area (Å²) >= 11 is 0. The van der Waals surface area contributed by atoms with Crippen LogP contribution in [0.2, 0.25) is 0 Å². The van der Waals surface area contributed by atoms with E-state index in [1.807, 2.05) is 6.07 Å². The molecule has 0 atom stereocenters. The van der Waals surface area contributed by atoms with Gasteiger partial charge in [-0.2, -0.15) is 13.2 Å². The van der Waals surface area contributed by atoms with Gasteiger partial charge in [0.15, 0.2) is 0 Å². The first-order valence-corrected chi connectivity index (χ1v) is 13.0. The van der Waals surface area contributed by atoms with Crippen LogP contribution in [0.25, 0.3) is 10.9 Å². The third-order valence-electron chi connectivity index (χ3n) is 7.21. The smallest absolute Gasteiger partial charge is 0.406 e. The van der Waals surface area contributed by atoms with Gasteiger partial charge in [-0.25, -0.2) is 4.39 Å². The van der Waals surface area contributed by atoms with Crippen molar-refractivity contribution >= 4 is 28.2 Å². The lowest BCUT2D eigenvalue weighted by Gasteiger charge is -2.33. The maximum absolute atomic E-state index is 14.2. The maximum Gasteiger partial charge on any atom is 0.406 e. The molecule has 1 fully saturated rings. The Labute approximate surface area is 230 Å². The molecule has 1 heterocycles. The number of anilines is 2. The van der Waals surface area contributed by atoms with Crippen LogP contribution >= 0.6 is 0 Å². The third kappa shape index (κ3) is 6.80. The van der Waals surface area contributed by atoms with Crippen molar-refractivity contribution in [2.24, 2.45) is 5.73 Å². The Hall–Kier alpha value is -3.91. The highest BCUT2D eigenvalue weighted by Crippen LogP contribution is 2.33. The molecule has 40 heavy (non-hydrogen) atoms. The number of amides is 1. The molecule has 4 rings (SSSR count). The molecule has 1 saturated carbocycles. The van der Waals surface area contributed by atoms with E-state index in [4.69, 9.17) is 10.5 Å². The summed E-state index contributed by atoms with van der Waals surface area (Å²) in [6.45, 7) is -1.20. The molecule has 0 bridgehead atoms. The minimum atomic E-state index is -4.44. The van der Waals surface area contributed by atoms with Crippen LogP contribution in [-0.4, -0.2) is 61.4 Å². The van der Waals surface area contributed by atoms with Gasteiger partial charge >= 0.3 is 6.18 Å². The zero-order chi connectivity index (χ0) is 29.0. The van der Waals surface area contributed by atoms with E-state index in [0.717, 1.165) is 37.4 Å². The maximum atomic E-state index is 14.2. The molecule has 4 N–H and O–H groups in total. The van der Waals surface area contributed by atoms with E-state index >= 15 is 0 Å². The first-order valence-electron chi connectivity index (χ1n) is 13.0. The van der Waals surface area contributed by atoms with E-state index in [1.54, 1.807) is 18.2 Å². The molecule has 0 spiro atoms. The Kier molecular flexibility index (Phi) is 8.79. The van der Waals surface area contributed by atoms with Crippen molar-refractivity contribution in [3.8, 4) is 17.6 Å². The summed E-state index contributed by atoms with van der Waals surface area (Å²) < 4.78 is 61.2. The molecule has 7 nitrogen and oxygen atoms in total. The molecule has 1 aromatic heterocycles. The van der Waals surface area contributed by atoms with Crippen LogP contribution in [0.1, 0.15) is 41.7 Å². The van der Waals surface area contributed by atoms with Gasteiger partial charge in [0.1, 0.15) is 18.1 Å². The SMILES string of the molecule is COc1cc(C(N)=O)c(F)cc1NCC#Cc1cc2c(N[C@H]3CC[C@H](N(C)C)CC3)cccc2n1CC(F)(F)F. The predicted molar refractivity (Wildman–Crippen MR) is 148 cm³/mol. The number of nitrogens with zero attached hydrogens (tertiary/aromatic N) is 2. The molecular formula is C29H33F4N5O2. The number of halogens is 4. The lowest BCUT2D eigenvalue weighted by molar-refractivity contribution is -0.140. The standard InChI is InChI=1S/C29H33F4N5O2/c1-37(2)19-11-9-18(10-12-19)36-24-7-4-8-26-22(24)14-20(38(26)17-29(31,32)33)6-5-13-35-25-16-23(30)21(28(34)39)15-27(25)40-3/h4,7-8,14-16,18-19,35-36H,9-13,17H2,1-3H3,(H2,34,39)/t18-,19-. The number of nitrogens with one attached hydrogen (secondary N) is 2. The number of primary amides is 1. The average molecular weight is 560 g/mol. The number of methoxy groups -OCH3 is 1. The minimum absolute atomic E-state index is 0.0144. The summed E-state index contributed by atoms with van der Waals surface area (Å²) in [5.74, 6) is 4.07. The molecule has 1 aliphatic rings. The molecule has 1 aliphatic carbocycles. The van der Waals surface area contributed by atoms with Gasteiger partial charge < -0.3 is 30.6 Å². The van der Waals surface area contributed by atoms with E-state index in [2.05, 4.69) is 41.5 Å². The quantitative estimate of drug-likeness (QED) is 0.261. The monoisotopic (exact) mass is 559 g/mol. The highest BCUT2D eigenvalue weighted by atomic mass is 19.4. The molecule has 2 aromatic carbocycles. The van der Waals surface area contributed by atoms with E-state index in [1.165, 1.54) is 17.7 Å².